The van der Waals surface area contributed by atoms with E-state index in [0.29, 0.717) is 11.6 Å². The number of benzene rings is 4. The minimum Gasteiger partial charge on any atom is -0.429 e. The van der Waals surface area contributed by atoms with Gasteiger partial charge in [-0.25, -0.2) is 26.7 Å². The van der Waals surface area contributed by atoms with Gasteiger partial charge in [0.2, 0.25) is 0 Å². The van der Waals surface area contributed by atoms with Gasteiger partial charge in [-0.1, -0.05) is 43.7 Å². The lowest BCUT2D eigenvalue weighted by Crippen LogP contribution is -2.30. The Bertz CT molecular complexity index is 1740. The van der Waals surface area contributed by atoms with Gasteiger partial charge in [0.1, 0.15) is 51.7 Å². The minimum atomic E-state index is -6.10. The van der Waals surface area contributed by atoms with Crippen LogP contribution in [0.3, 0.4) is 0 Å². The van der Waals surface area contributed by atoms with E-state index in [1.807, 2.05) is 6.92 Å². The molecule has 0 atom stereocenters. The van der Waals surface area contributed by atoms with E-state index in [0.717, 1.165) is 30.5 Å². The van der Waals surface area contributed by atoms with Crippen LogP contribution in [0.25, 0.3) is 11.1 Å². The Morgan fingerprint density at radius 1 is 0.500 bits per heavy atom. The van der Waals surface area contributed by atoms with Crippen molar-refractivity contribution < 1.29 is 75.7 Å². The second-order valence-corrected chi connectivity index (χ2v) is 9.97. The van der Waals surface area contributed by atoms with Crippen LogP contribution < -0.4 is 9.47 Å². The SMILES string of the molecule is CCCc1ccc(-c2ccc(C(F)(F)Oc3cc(F)c(C(F)(F)Oc4cc(F)c(C(F)(F)OC(F)(F)F)c(F)c4)c(F)c3)c(F)c2)cc1. The third kappa shape index (κ3) is 8.11. The van der Waals surface area contributed by atoms with E-state index in [2.05, 4.69) is 14.2 Å². The number of ether oxygens (including phenoxy) is 3. The second-order valence-electron chi connectivity index (χ2n) is 9.97. The second kappa shape index (κ2) is 13.2. The fraction of sp³-hybridized carbons (Fsp3) is 0.226. The highest BCUT2D eigenvalue weighted by molar-refractivity contribution is 5.64. The molecule has 0 unspecified atom stereocenters. The molecule has 4 aromatic rings. The van der Waals surface area contributed by atoms with Crippen LogP contribution in [0.15, 0.2) is 66.7 Å². The molecule has 0 aliphatic heterocycles. The summed E-state index contributed by atoms with van der Waals surface area (Å²) in [5, 5.41) is 0. The molecule has 0 aliphatic rings. The van der Waals surface area contributed by atoms with Crippen LogP contribution in [-0.2, 0) is 29.5 Å². The van der Waals surface area contributed by atoms with Gasteiger partial charge in [0, 0.05) is 24.3 Å². The van der Waals surface area contributed by atoms with Gasteiger partial charge in [0.15, 0.2) is 0 Å². The number of hydrogen-bond donors (Lipinski definition) is 0. The van der Waals surface area contributed by atoms with E-state index in [4.69, 9.17) is 0 Å². The van der Waals surface area contributed by atoms with Crippen LogP contribution in [-0.4, -0.2) is 6.36 Å². The first-order chi connectivity index (χ1) is 22.1. The number of alkyl halides is 9. The topological polar surface area (TPSA) is 27.7 Å². The van der Waals surface area contributed by atoms with Crippen molar-refractivity contribution in [2.45, 2.75) is 44.5 Å². The molecule has 0 saturated carbocycles. The number of halogens is 14. The molecule has 17 heteroatoms. The summed E-state index contributed by atoms with van der Waals surface area (Å²) in [7, 11) is 0. The largest absolute Gasteiger partial charge is 0.527 e. The summed E-state index contributed by atoms with van der Waals surface area (Å²) in [4.78, 5) is 0. The summed E-state index contributed by atoms with van der Waals surface area (Å²) >= 11 is 0. The zero-order valence-electron chi connectivity index (χ0n) is 23.8. The molecule has 0 N–H and O–H groups in total. The Labute approximate surface area is 261 Å². The highest BCUT2D eigenvalue weighted by atomic mass is 19.4. The van der Waals surface area contributed by atoms with Crippen LogP contribution in [0.1, 0.15) is 35.6 Å². The maximum atomic E-state index is 14.9. The summed E-state index contributed by atoms with van der Waals surface area (Å²) in [6, 6.07) is 7.96. The maximum Gasteiger partial charge on any atom is 0.527 e. The van der Waals surface area contributed by atoms with Gasteiger partial charge >= 0.3 is 24.7 Å². The molecule has 0 fully saturated rings. The zero-order chi connectivity index (χ0) is 35.8. The molecule has 258 valence electrons. The van der Waals surface area contributed by atoms with Crippen molar-refractivity contribution >= 4 is 0 Å². The number of aryl methyl sites for hydroxylation is 1. The minimum absolute atomic E-state index is 0.187. The van der Waals surface area contributed by atoms with E-state index in [9.17, 15) is 61.5 Å². The average molecular weight is 704 g/mol. The van der Waals surface area contributed by atoms with Crippen molar-refractivity contribution in [3.05, 3.63) is 118 Å². The molecular formula is C31H18F14O3. The summed E-state index contributed by atoms with van der Waals surface area (Å²) in [6.45, 7) is 1.96. The molecule has 0 bridgehead atoms. The van der Waals surface area contributed by atoms with E-state index in [1.54, 1.807) is 24.3 Å². The first kappa shape index (κ1) is 36.3. The maximum absolute atomic E-state index is 14.9. The van der Waals surface area contributed by atoms with Crippen molar-refractivity contribution in [3.63, 3.8) is 0 Å². The predicted octanol–water partition coefficient (Wildman–Crippen LogP) is 10.8. The van der Waals surface area contributed by atoms with E-state index < -0.39 is 94.1 Å². The van der Waals surface area contributed by atoms with Crippen LogP contribution in [0.4, 0.5) is 61.5 Å². The van der Waals surface area contributed by atoms with Gasteiger partial charge < -0.3 is 9.47 Å². The Balaban J connectivity index is 1.56. The predicted molar refractivity (Wildman–Crippen MR) is 139 cm³/mol. The van der Waals surface area contributed by atoms with Gasteiger partial charge in [-0.3, -0.25) is 0 Å². The molecule has 0 amide bonds. The molecule has 4 rings (SSSR count). The quantitative estimate of drug-likeness (QED) is 0.146. The third-order valence-electron chi connectivity index (χ3n) is 6.46. The molecule has 0 radical (unpaired) electrons. The molecule has 0 saturated heterocycles. The summed E-state index contributed by atoms with van der Waals surface area (Å²) in [5.74, 6) is -14.5. The van der Waals surface area contributed by atoms with E-state index in [-0.39, 0.29) is 17.7 Å². The van der Waals surface area contributed by atoms with E-state index in [1.165, 1.54) is 0 Å². The van der Waals surface area contributed by atoms with Crippen molar-refractivity contribution in [2.75, 3.05) is 0 Å². The average Bonchev–Trinajstić information content (AvgIpc) is 2.90. The standard InChI is InChI=1S/C31H18F14O3/c1-2-3-15-4-6-16(7-5-15)17-8-9-20(21(32)10-17)28(37,38)46-18-11-22(33)26(23(34)12-18)29(39,40)47-19-13-24(35)27(25(36)14-19)30(41,42)48-31(43,44)45/h4-14H,2-3H2,1H3. The highest BCUT2D eigenvalue weighted by Crippen LogP contribution is 2.43. The molecule has 4 aromatic carbocycles. The molecular weight excluding hydrogens is 686 g/mol. The Morgan fingerprint density at radius 3 is 1.38 bits per heavy atom. The van der Waals surface area contributed by atoms with Gasteiger partial charge in [-0.15, -0.1) is 13.2 Å². The third-order valence-corrected chi connectivity index (χ3v) is 6.46. The highest BCUT2D eigenvalue weighted by Gasteiger charge is 2.50. The van der Waals surface area contributed by atoms with Crippen molar-refractivity contribution in [1.82, 2.24) is 0 Å². The van der Waals surface area contributed by atoms with Gasteiger partial charge in [-0.2, -0.15) is 26.3 Å². The Morgan fingerprint density at radius 2 is 0.938 bits per heavy atom. The molecule has 0 aliphatic carbocycles. The Kier molecular flexibility index (Phi) is 9.96. The molecule has 3 nitrogen and oxygen atoms in total. The normalized spacial score (nSPS) is 12.7. The number of rotatable bonds is 11. The van der Waals surface area contributed by atoms with Gasteiger partial charge in [0.25, 0.3) is 0 Å². The van der Waals surface area contributed by atoms with Crippen molar-refractivity contribution in [1.29, 1.82) is 0 Å². The molecule has 48 heavy (non-hydrogen) atoms. The summed E-state index contributed by atoms with van der Waals surface area (Å²) in [5.41, 5.74) is -4.77. The lowest BCUT2D eigenvalue weighted by atomic mass is 10.0. The van der Waals surface area contributed by atoms with Crippen molar-refractivity contribution in [2.24, 2.45) is 0 Å². The van der Waals surface area contributed by atoms with E-state index >= 15 is 0 Å². The van der Waals surface area contributed by atoms with Crippen LogP contribution in [0.2, 0.25) is 0 Å². The molecule has 0 aromatic heterocycles. The summed E-state index contributed by atoms with van der Waals surface area (Å²) < 4.78 is 206. The fourth-order valence-corrected chi connectivity index (χ4v) is 4.46. The lowest BCUT2D eigenvalue weighted by molar-refractivity contribution is -0.432. The first-order valence-electron chi connectivity index (χ1n) is 13.3. The molecule has 0 heterocycles. The van der Waals surface area contributed by atoms with Crippen molar-refractivity contribution in [3.8, 4) is 22.6 Å². The van der Waals surface area contributed by atoms with Crippen LogP contribution in [0, 0.1) is 29.1 Å². The lowest BCUT2D eigenvalue weighted by Gasteiger charge is -2.23. The van der Waals surface area contributed by atoms with Crippen LogP contribution in [0.5, 0.6) is 11.5 Å². The Hall–Kier alpha value is -4.54. The monoisotopic (exact) mass is 704 g/mol. The smallest absolute Gasteiger partial charge is 0.429 e. The summed E-state index contributed by atoms with van der Waals surface area (Å²) in [6.07, 6.45) is -20.0. The van der Waals surface area contributed by atoms with Gasteiger partial charge in [0.05, 0.1) is 5.56 Å². The molecule has 0 spiro atoms. The van der Waals surface area contributed by atoms with Crippen LogP contribution >= 0.6 is 0 Å². The number of hydrogen-bond acceptors (Lipinski definition) is 3. The zero-order valence-corrected chi connectivity index (χ0v) is 23.8. The van der Waals surface area contributed by atoms with Gasteiger partial charge in [-0.05, 0) is 35.2 Å². The first-order valence-corrected chi connectivity index (χ1v) is 13.3. The fourth-order valence-electron chi connectivity index (χ4n) is 4.46.